The number of nitrogens with one attached hydrogen (secondary N) is 1. The Bertz CT molecular complexity index is 790. The average Bonchev–Trinajstić information content (AvgIpc) is 3.15. The van der Waals surface area contributed by atoms with E-state index in [0.717, 1.165) is 38.5 Å². The third-order valence-electron chi connectivity index (χ3n) is 10.6. The summed E-state index contributed by atoms with van der Waals surface area (Å²) in [5, 5.41) is 22.8. The molecule has 306 valence electrons. The van der Waals surface area contributed by atoms with E-state index in [1.165, 1.54) is 186 Å². The molecule has 0 fully saturated rings. The monoisotopic (exact) mass is 730 g/mol. The maximum absolute atomic E-state index is 12.2. The topological polar surface area (TPSA) is 69.6 Å². The van der Waals surface area contributed by atoms with E-state index >= 15 is 0 Å². The first-order valence-corrected chi connectivity index (χ1v) is 23.2. The van der Waals surface area contributed by atoms with Gasteiger partial charge >= 0.3 is 0 Å². The summed E-state index contributed by atoms with van der Waals surface area (Å²) in [6.45, 7) is 4.25. The molecule has 0 spiro atoms. The van der Waals surface area contributed by atoms with Crippen molar-refractivity contribution >= 4 is 5.91 Å². The number of allylic oxidation sites excluding steroid dienone is 5. The molecule has 0 aliphatic rings. The summed E-state index contributed by atoms with van der Waals surface area (Å²) in [6.07, 6.45) is 58.8. The molecular formula is C48H91NO3. The Morgan fingerprint density at radius 1 is 0.442 bits per heavy atom. The third-order valence-corrected chi connectivity index (χ3v) is 10.6. The quantitative estimate of drug-likeness (QED) is 0.0433. The number of carbonyl (C=O) groups excluding carboxylic acids is 1. The van der Waals surface area contributed by atoms with Crippen LogP contribution in [0.3, 0.4) is 0 Å². The van der Waals surface area contributed by atoms with E-state index in [1.807, 2.05) is 6.08 Å². The van der Waals surface area contributed by atoms with Crippen molar-refractivity contribution in [2.75, 3.05) is 6.61 Å². The molecule has 52 heavy (non-hydrogen) atoms. The number of unbranched alkanes of at least 4 members (excludes halogenated alkanes) is 31. The molecule has 0 bridgehead atoms. The van der Waals surface area contributed by atoms with E-state index in [1.54, 1.807) is 6.08 Å². The molecule has 2 atom stereocenters. The molecule has 0 aliphatic carbocycles. The molecule has 4 nitrogen and oxygen atoms in total. The van der Waals surface area contributed by atoms with Crippen LogP contribution in [0.5, 0.6) is 0 Å². The van der Waals surface area contributed by atoms with E-state index in [9.17, 15) is 15.0 Å². The number of aliphatic hydroxyl groups is 2. The number of hydrogen-bond acceptors (Lipinski definition) is 3. The molecule has 0 radical (unpaired) electrons. The number of hydrogen-bond donors (Lipinski definition) is 3. The minimum atomic E-state index is -0.865. The zero-order chi connectivity index (χ0) is 37.8. The lowest BCUT2D eigenvalue weighted by molar-refractivity contribution is -0.123. The van der Waals surface area contributed by atoms with Crippen LogP contribution in [-0.2, 0) is 4.79 Å². The second kappa shape index (κ2) is 44.0. The fourth-order valence-electron chi connectivity index (χ4n) is 7.03. The summed E-state index contributed by atoms with van der Waals surface area (Å²) >= 11 is 0. The summed E-state index contributed by atoms with van der Waals surface area (Å²) < 4.78 is 0. The SMILES string of the molecule is CCCCCCCCCCCCCCCCCCCCCCCCC/C=C/CC/C=C/CC/C=C/C(O)C(CO)NC(=O)CCCCCCCCC. The van der Waals surface area contributed by atoms with Crippen LogP contribution in [0.1, 0.15) is 245 Å². The molecule has 0 aromatic carbocycles. The standard InChI is InChI=1S/C48H91NO3/c1-3-5-7-9-11-12-13-14-15-16-17-18-19-20-21-22-23-24-25-26-27-28-29-30-31-32-33-34-35-36-38-39-41-43-47(51)46(45-50)49-48(52)44-42-40-37-10-8-6-4-2/h31-32,35-36,41,43,46-47,50-51H,3-30,33-34,37-40,42,44-45H2,1-2H3,(H,49,52)/b32-31+,36-35+,43-41+. The van der Waals surface area contributed by atoms with Gasteiger partial charge in [-0.15, -0.1) is 0 Å². The predicted octanol–water partition coefficient (Wildman–Crippen LogP) is 14.6. The second-order valence-corrected chi connectivity index (χ2v) is 15.8. The number of amides is 1. The van der Waals surface area contributed by atoms with Crippen molar-refractivity contribution < 1.29 is 15.0 Å². The third kappa shape index (κ3) is 39.8. The molecule has 0 aromatic rings. The van der Waals surface area contributed by atoms with Gasteiger partial charge in [-0.05, 0) is 44.9 Å². The van der Waals surface area contributed by atoms with Crippen LogP contribution in [0, 0.1) is 0 Å². The van der Waals surface area contributed by atoms with Crippen molar-refractivity contribution in [1.82, 2.24) is 5.32 Å². The van der Waals surface area contributed by atoms with Crippen molar-refractivity contribution in [1.29, 1.82) is 0 Å². The van der Waals surface area contributed by atoms with Gasteiger partial charge in [0.15, 0.2) is 0 Å². The fourth-order valence-corrected chi connectivity index (χ4v) is 7.03. The molecule has 0 saturated carbocycles. The summed E-state index contributed by atoms with van der Waals surface area (Å²) in [5.74, 6) is -0.0850. The highest BCUT2D eigenvalue weighted by molar-refractivity contribution is 5.76. The van der Waals surface area contributed by atoms with Gasteiger partial charge in [-0.1, -0.05) is 230 Å². The van der Waals surface area contributed by atoms with Crippen molar-refractivity contribution in [3.05, 3.63) is 36.5 Å². The first-order valence-electron chi connectivity index (χ1n) is 23.2. The van der Waals surface area contributed by atoms with Crippen LogP contribution in [0.15, 0.2) is 36.5 Å². The zero-order valence-corrected chi connectivity index (χ0v) is 35.1. The Hall–Kier alpha value is -1.39. The maximum Gasteiger partial charge on any atom is 0.220 e. The smallest absolute Gasteiger partial charge is 0.220 e. The summed E-state index contributed by atoms with van der Waals surface area (Å²) in [7, 11) is 0. The summed E-state index contributed by atoms with van der Waals surface area (Å²) in [4.78, 5) is 12.2. The van der Waals surface area contributed by atoms with Crippen LogP contribution < -0.4 is 5.32 Å². The van der Waals surface area contributed by atoms with Crippen molar-refractivity contribution in [3.63, 3.8) is 0 Å². The van der Waals surface area contributed by atoms with Gasteiger partial charge in [0.25, 0.3) is 0 Å². The molecule has 0 aromatic heterocycles. The molecule has 1 amide bonds. The van der Waals surface area contributed by atoms with Gasteiger partial charge in [-0.2, -0.15) is 0 Å². The van der Waals surface area contributed by atoms with Crippen molar-refractivity contribution in [2.45, 2.75) is 257 Å². The van der Waals surface area contributed by atoms with E-state index in [2.05, 4.69) is 43.5 Å². The molecule has 4 heteroatoms. The van der Waals surface area contributed by atoms with Gasteiger partial charge in [-0.25, -0.2) is 0 Å². The Morgan fingerprint density at radius 3 is 1.12 bits per heavy atom. The number of carbonyl (C=O) groups is 1. The van der Waals surface area contributed by atoms with Gasteiger partial charge in [0, 0.05) is 6.42 Å². The van der Waals surface area contributed by atoms with Gasteiger partial charge in [0.1, 0.15) is 0 Å². The Labute approximate surface area is 325 Å². The van der Waals surface area contributed by atoms with Crippen LogP contribution in [0.25, 0.3) is 0 Å². The average molecular weight is 730 g/mol. The first kappa shape index (κ1) is 50.6. The predicted molar refractivity (Wildman–Crippen MR) is 230 cm³/mol. The maximum atomic E-state index is 12.2. The lowest BCUT2D eigenvalue weighted by atomic mass is 10.0. The minimum Gasteiger partial charge on any atom is -0.394 e. The van der Waals surface area contributed by atoms with Gasteiger partial charge in [-0.3, -0.25) is 4.79 Å². The molecule has 0 heterocycles. The van der Waals surface area contributed by atoms with E-state index in [0.29, 0.717) is 6.42 Å². The first-order chi connectivity index (χ1) is 25.7. The fraction of sp³-hybridized carbons (Fsp3) is 0.854. The van der Waals surface area contributed by atoms with E-state index < -0.39 is 12.1 Å². The normalized spacial score (nSPS) is 13.2. The zero-order valence-electron chi connectivity index (χ0n) is 35.1. The summed E-state index contributed by atoms with van der Waals surface area (Å²) in [5.41, 5.74) is 0. The lowest BCUT2D eigenvalue weighted by Gasteiger charge is -2.19. The van der Waals surface area contributed by atoms with E-state index in [-0.39, 0.29) is 12.5 Å². The van der Waals surface area contributed by atoms with Crippen molar-refractivity contribution in [3.8, 4) is 0 Å². The minimum absolute atomic E-state index is 0.0850. The van der Waals surface area contributed by atoms with Crippen LogP contribution in [-0.4, -0.2) is 34.9 Å². The van der Waals surface area contributed by atoms with Gasteiger partial charge < -0.3 is 15.5 Å². The second-order valence-electron chi connectivity index (χ2n) is 15.8. The molecule has 0 rings (SSSR count). The van der Waals surface area contributed by atoms with Gasteiger partial charge in [0.05, 0.1) is 18.8 Å². The molecule has 0 aliphatic heterocycles. The Balaban J connectivity index is 3.47. The van der Waals surface area contributed by atoms with Crippen LogP contribution in [0.4, 0.5) is 0 Å². The highest BCUT2D eigenvalue weighted by Crippen LogP contribution is 2.16. The number of rotatable bonds is 42. The lowest BCUT2D eigenvalue weighted by Crippen LogP contribution is -2.45. The molecular weight excluding hydrogens is 639 g/mol. The largest absolute Gasteiger partial charge is 0.394 e. The molecule has 3 N–H and O–H groups in total. The number of aliphatic hydroxyl groups excluding tert-OH is 2. The summed E-state index contributed by atoms with van der Waals surface area (Å²) in [6, 6.07) is -0.640. The van der Waals surface area contributed by atoms with Crippen LogP contribution in [0.2, 0.25) is 0 Å². The molecule has 2 unspecified atom stereocenters. The Kier molecular flexibility index (Phi) is 42.8. The van der Waals surface area contributed by atoms with Gasteiger partial charge in [0.2, 0.25) is 5.91 Å². The van der Waals surface area contributed by atoms with E-state index in [4.69, 9.17) is 0 Å². The molecule has 0 saturated heterocycles. The van der Waals surface area contributed by atoms with Crippen LogP contribution >= 0.6 is 0 Å². The highest BCUT2D eigenvalue weighted by atomic mass is 16.3. The Morgan fingerprint density at radius 2 is 0.750 bits per heavy atom. The highest BCUT2D eigenvalue weighted by Gasteiger charge is 2.17. The van der Waals surface area contributed by atoms with Crippen molar-refractivity contribution in [2.24, 2.45) is 0 Å².